The minimum absolute atomic E-state index is 0.320. The first-order valence-corrected chi connectivity index (χ1v) is 7.15. The molecule has 0 aliphatic rings. The van der Waals surface area contributed by atoms with Gasteiger partial charge >= 0.3 is 5.97 Å². The zero-order valence-corrected chi connectivity index (χ0v) is 13.7. The minimum atomic E-state index is -0.585. The summed E-state index contributed by atoms with van der Waals surface area (Å²) in [5, 5.41) is 0. The van der Waals surface area contributed by atoms with Gasteiger partial charge in [0.2, 0.25) is 5.78 Å². The molecule has 0 spiro atoms. The molecule has 24 heavy (non-hydrogen) atoms. The molecule has 0 amide bonds. The largest absolute Gasteiger partial charge is 0.497 e. The summed E-state index contributed by atoms with van der Waals surface area (Å²) in [7, 11) is 4.51. The van der Waals surface area contributed by atoms with E-state index >= 15 is 0 Å². The van der Waals surface area contributed by atoms with E-state index in [2.05, 4.69) is 0 Å². The quantitative estimate of drug-likeness (QED) is 0.574. The molecule has 0 aliphatic carbocycles. The number of hydrogen-bond donors (Lipinski definition) is 0. The van der Waals surface area contributed by atoms with E-state index in [1.165, 1.54) is 21.3 Å². The molecule has 6 nitrogen and oxygen atoms in total. The number of ketones is 1. The molecule has 0 N–H and O–H groups in total. The molecule has 0 aliphatic heterocycles. The number of Topliss-reactive ketones (excluding diaryl/α,β-unsaturated/α-hetero) is 1. The van der Waals surface area contributed by atoms with Crippen molar-refractivity contribution in [3.63, 3.8) is 0 Å². The molecular weight excluding hydrogens is 312 g/mol. The second kappa shape index (κ2) is 8.01. The number of benzene rings is 2. The van der Waals surface area contributed by atoms with Crippen LogP contribution in [0.1, 0.15) is 20.7 Å². The van der Waals surface area contributed by atoms with Crippen molar-refractivity contribution in [2.24, 2.45) is 0 Å². The lowest BCUT2D eigenvalue weighted by atomic mass is 10.1. The average molecular weight is 330 g/mol. The third-order valence-electron chi connectivity index (χ3n) is 3.37. The Morgan fingerprint density at radius 2 is 1.46 bits per heavy atom. The Bertz CT molecular complexity index is 721. The number of hydrogen-bond acceptors (Lipinski definition) is 6. The summed E-state index contributed by atoms with van der Waals surface area (Å²) in [6, 6.07) is 11.2. The zero-order chi connectivity index (χ0) is 17.5. The zero-order valence-electron chi connectivity index (χ0n) is 13.7. The third-order valence-corrected chi connectivity index (χ3v) is 3.37. The van der Waals surface area contributed by atoms with E-state index in [-0.39, 0.29) is 12.4 Å². The van der Waals surface area contributed by atoms with Crippen LogP contribution in [0.4, 0.5) is 0 Å². The van der Waals surface area contributed by atoms with Crippen LogP contribution in [0.15, 0.2) is 42.5 Å². The highest BCUT2D eigenvalue weighted by molar-refractivity contribution is 6.01. The molecule has 0 unspecified atom stereocenters. The van der Waals surface area contributed by atoms with Gasteiger partial charge in [-0.1, -0.05) is 0 Å². The van der Waals surface area contributed by atoms with E-state index in [0.717, 1.165) is 0 Å². The Kier molecular flexibility index (Phi) is 5.78. The Morgan fingerprint density at radius 1 is 0.833 bits per heavy atom. The fourth-order valence-electron chi connectivity index (χ4n) is 2.05. The molecular formula is C18H18O6. The molecule has 0 aromatic heterocycles. The van der Waals surface area contributed by atoms with Gasteiger partial charge in [-0.3, -0.25) is 4.79 Å². The highest BCUT2D eigenvalue weighted by Gasteiger charge is 2.16. The maximum absolute atomic E-state index is 12.2. The second-order valence-corrected chi connectivity index (χ2v) is 4.79. The average Bonchev–Trinajstić information content (AvgIpc) is 2.65. The molecule has 0 fully saturated rings. The molecule has 126 valence electrons. The SMILES string of the molecule is COc1ccc(C(=O)OCC(=O)c2ccc(OC)cc2OC)cc1. The lowest BCUT2D eigenvalue weighted by Crippen LogP contribution is -2.15. The lowest BCUT2D eigenvalue weighted by Gasteiger charge is -2.10. The van der Waals surface area contributed by atoms with Crippen LogP contribution < -0.4 is 14.2 Å². The molecule has 6 heteroatoms. The van der Waals surface area contributed by atoms with Gasteiger partial charge in [0.1, 0.15) is 17.2 Å². The molecule has 0 atom stereocenters. The van der Waals surface area contributed by atoms with E-state index in [9.17, 15) is 9.59 Å². The number of carbonyl (C=O) groups is 2. The summed E-state index contributed by atoms with van der Waals surface area (Å²) >= 11 is 0. The van der Waals surface area contributed by atoms with Gasteiger partial charge in [-0.25, -0.2) is 4.79 Å². The van der Waals surface area contributed by atoms with Crippen LogP contribution in [-0.4, -0.2) is 39.7 Å². The van der Waals surface area contributed by atoms with E-state index in [4.69, 9.17) is 18.9 Å². The standard InChI is InChI=1S/C18H18O6/c1-21-13-6-4-12(5-7-13)18(20)24-11-16(19)15-9-8-14(22-2)10-17(15)23-3/h4-10H,11H2,1-3H3. The lowest BCUT2D eigenvalue weighted by molar-refractivity contribution is 0.0474. The summed E-state index contributed by atoms with van der Waals surface area (Å²) < 4.78 is 20.3. The van der Waals surface area contributed by atoms with Crippen molar-refractivity contribution in [3.05, 3.63) is 53.6 Å². The van der Waals surface area contributed by atoms with Crippen LogP contribution in [0.25, 0.3) is 0 Å². The third kappa shape index (κ3) is 4.04. The Balaban J connectivity index is 2.03. The number of esters is 1. The smallest absolute Gasteiger partial charge is 0.338 e. The van der Waals surface area contributed by atoms with Crippen LogP contribution in [0.3, 0.4) is 0 Å². The molecule has 2 aromatic rings. The van der Waals surface area contributed by atoms with Gasteiger partial charge in [0, 0.05) is 6.07 Å². The molecule has 0 radical (unpaired) electrons. The normalized spacial score (nSPS) is 9.96. The minimum Gasteiger partial charge on any atom is -0.497 e. The predicted molar refractivity (Wildman–Crippen MR) is 87.2 cm³/mol. The number of ether oxygens (including phenoxy) is 4. The molecule has 2 rings (SSSR count). The van der Waals surface area contributed by atoms with Crippen molar-refractivity contribution in [1.29, 1.82) is 0 Å². The summed E-state index contributed by atoms with van der Waals surface area (Å²) in [6.45, 7) is -0.381. The highest BCUT2D eigenvalue weighted by atomic mass is 16.5. The fraction of sp³-hybridized carbons (Fsp3) is 0.222. The van der Waals surface area contributed by atoms with Crippen molar-refractivity contribution in [1.82, 2.24) is 0 Å². The Labute approximate surface area is 139 Å². The summed E-state index contributed by atoms with van der Waals surface area (Å²) in [6.07, 6.45) is 0. The molecule has 0 bridgehead atoms. The molecule has 0 saturated carbocycles. The van der Waals surface area contributed by atoms with E-state index < -0.39 is 5.97 Å². The van der Waals surface area contributed by atoms with Gasteiger partial charge in [-0.15, -0.1) is 0 Å². The summed E-state index contributed by atoms with van der Waals surface area (Å²) in [5.41, 5.74) is 0.658. The molecule has 0 saturated heterocycles. The first-order valence-electron chi connectivity index (χ1n) is 7.15. The van der Waals surface area contributed by atoms with E-state index in [1.807, 2.05) is 0 Å². The van der Waals surface area contributed by atoms with E-state index in [0.29, 0.717) is 28.4 Å². The van der Waals surface area contributed by atoms with Gasteiger partial charge in [-0.05, 0) is 36.4 Å². The van der Waals surface area contributed by atoms with Gasteiger partial charge < -0.3 is 18.9 Å². The number of rotatable bonds is 7. The van der Waals surface area contributed by atoms with Gasteiger partial charge in [-0.2, -0.15) is 0 Å². The van der Waals surface area contributed by atoms with Crippen LogP contribution in [-0.2, 0) is 4.74 Å². The number of carbonyl (C=O) groups excluding carboxylic acids is 2. The van der Waals surface area contributed by atoms with Gasteiger partial charge in [0.15, 0.2) is 6.61 Å². The van der Waals surface area contributed by atoms with Gasteiger partial charge in [0.25, 0.3) is 0 Å². The summed E-state index contributed by atoms with van der Waals surface area (Å²) in [5.74, 6) is 0.610. The number of methoxy groups -OCH3 is 3. The first-order chi connectivity index (χ1) is 11.6. The fourth-order valence-corrected chi connectivity index (χ4v) is 2.05. The van der Waals surface area contributed by atoms with Crippen molar-refractivity contribution < 1.29 is 28.5 Å². The molecule has 0 heterocycles. The van der Waals surface area contributed by atoms with Crippen molar-refractivity contribution in [3.8, 4) is 17.2 Å². The Hall–Kier alpha value is -3.02. The maximum Gasteiger partial charge on any atom is 0.338 e. The highest BCUT2D eigenvalue weighted by Crippen LogP contribution is 2.25. The van der Waals surface area contributed by atoms with Crippen LogP contribution >= 0.6 is 0 Å². The predicted octanol–water partition coefficient (Wildman–Crippen LogP) is 2.75. The second-order valence-electron chi connectivity index (χ2n) is 4.79. The van der Waals surface area contributed by atoms with Crippen molar-refractivity contribution in [2.45, 2.75) is 0 Å². The van der Waals surface area contributed by atoms with Crippen LogP contribution in [0.2, 0.25) is 0 Å². The maximum atomic E-state index is 12.2. The van der Waals surface area contributed by atoms with Crippen LogP contribution in [0, 0.1) is 0 Å². The monoisotopic (exact) mass is 330 g/mol. The molecule has 2 aromatic carbocycles. The van der Waals surface area contributed by atoms with Crippen molar-refractivity contribution in [2.75, 3.05) is 27.9 Å². The summed E-state index contributed by atoms with van der Waals surface area (Å²) in [4.78, 5) is 24.2. The van der Waals surface area contributed by atoms with Gasteiger partial charge in [0.05, 0.1) is 32.5 Å². The van der Waals surface area contributed by atoms with Crippen molar-refractivity contribution >= 4 is 11.8 Å². The first kappa shape index (κ1) is 17.3. The topological polar surface area (TPSA) is 71.1 Å². The van der Waals surface area contributed by atoms with Crippen LogP contribution in [0.5, 0.6) is 17.2 Å². The Morgan fingerprint density at radius 3 is 2.04 bits per heavy atom. The van der Waals surface area contributed by atoms with E-state index in [1.54, 1.807) is 42.5 Å².